The Bertz CT molecular complexity index is 1520. The Kier molecular flexibility index (Phi) is 33.0. The quantitative estimate of drug-likeness (QED) is 0.169. The molecule has 1 heterocycles. The van der Waals surface area contributed by atoms with Gasteiger partial charge in [-0.25, -0.2) is 4.68 Å². The van der Waals surface area contributed by atoms with Crippen LogP contribution in [0.2, 0.25) is 0 Å². The van der Waals surface area contributed by atoms with Crippen molar-refractivity contribution in [1.82, 2.24) is 25.6 Å². The Morgan fingerprint density at radius 3 is 1.09 bits per heavy atom. The lowest BCUT2D eigenvalue weighted by molar-refractivity contribution is -0.128. The first kappa shape index (κ1) is 73.9. The number of rotatable bonds is 15. The van der Waals surface area contributed by atoms with E-state index in [2.05, 4.69) is 187 Å². The van der Waals surface area contributed by atoms with E-state index >= 15 is 0 Å². The van der Waals surface area contributed by atoms with Crippen LogP contribution in [0.5, 0.6) is 0 Å². The average molecular weight is 991 g/mol. The van der Waals surface area contributed by atoms with Crippen molar-refractivity contribution in [3.8, 4) is 0 Å². The van der Waals surface area contributed by atoms with Gasteiger partial charge in [-0.2, -0.15) is 0 Å². The number of unbranched alkanes of at least 4 members (excludes halogenated alkanes) is 4. The minimum atomic E-state index is -0.266. The second kappa shape index (κ2) is 31.2. The first-order valence-corrected chi connectivity index (χ1v) is 27.2. The van der Waals surface area contributed by atoms with E-state index in [1.807, 2.05) is 52.4 Å². The van der Waals surface area contributed by atoms with Gasteiger partial charge in [0.15, 0.2) is 0 Å². The van der Waals surface area contributed by atoms with Gasteiger partial charge in [0.05, 0.1) is 11.2 Å². The summed E-state index contributed by atoms with van der Waals surface area (Å²) in [4.78, 5) is 46.3. The standard InChI is InChI=1S/C19H36O2.C11H21N3.C11H23NO.C10H21NO.C10H22/c1-18(2,3)14-16(20)12-10-8-7-9-11-13-17(21)15-19(4,5)6;1-10(2,3)7-9-8-14(13-12-9)11(4,5)6;1-10(2,3)7-8-12-9(13)11(4,5)6;1-9(2,3)7-8(12)11-10(4,5)6;1-9(2,3)7-8-10(4,5)6/h7-15H2,1-6H3;8H,7H2,1-6H3;7-8H2,1-6H3,(H,12,13);7H2,1-6H3,(H,11,12);7-8H2,1-6H3. The molecule has 0 aliphatic heterocycles. The van der Waals surface area contributed by atoms with E-state index in [4.69, 9.17) is 0 Å². The number of carbonyl (C=O) groups is 4. The van der Waals surface area contributed by atoms with Gasteiger partial charge in [0.1, 0.15) is 11.6 Å². The van der Waals surface area contributed by atoms with Crippen molar-refractivity contribution in [3.63, 3.8) is 0 Å². The summed E-state index contributed by atoms with van der Waals surface area (Å²) in [5.41, 5.74) is 2.63. The zero-order valence-corrected chi connectivity index (χ0v) is 52.7. The van der Waals surface area contributed by atoms with Gasteiger partial charge in [-0.1, -0.05) is 191 Å². The Morgan fingerprint density at radius 2 is 0.814 bits per heavy atom. The minimum absolute atomic E-state index is 0.0309. The number of hydrogen-bond donors (Lipinski definition) is 2. The molecule has 0 aromatic carbocycles. The predicted octanol–water partition coefficient (Wildman–Crippen LogP) is 17.1. The lowest BCUT2D eigenvalue weighted by Crippen LogP contribution is -2.41. The maximum atomic E-state index is 11.7. The molecule has 0 fully saturated rings. The predicted molar refractivity (Wildman–Crippen MR) is 305 cm³/mol. The molecule has 70 heavy (non-hydrogen) atoms. The first-order chi connectivity index (χ1) is 30.6. The second-order valence-electron chi connectivity index (χ2n) is 31.9. The van der Waals surface area contributed by atoms with Crippen molar-refractivity contribution in [2.75, 3.05) is 6.54 Å². The van der Waals surface area contributed by atoms with Crippen LogP contribution in [0.15, 0.2) is 6.20 Å². The molecule has 2 N–H and O–H groups in total. The summed E-state index contributed by atoms with van der Waals surface area (Å²) in [5.74, 6) is 1.05. The number of hydrogen-bond acceptors (Lipinski definition) is 6. The first-order valence-electron chi connectivity index (χ1n) is 27.2. The highest BCUT2D eigenvalue weighted by atomic mass is 16.2. The van der Waals surface area contributed by atoms with Crippen molar-refractivity contribution in [2.24, 2.45) is 43.3 Å². The van der Waals surface area contributed by atoms with E-state index in [1.165, 1.54) is 12.8 Å². The van der Waals surface area contributed by atoms with Gasteiger partial charge in [-0.05, 0) is 118 Å². The van der Waals surface area contributed by atoms with Crippen LogP contribution < -0.4 is 10.6 Å². The fourth-order valence-corrected chi connectivity index (χ4v) is 6.30. The molecule has 0 unspecified atom stereocenters. The molecule has 0 aliphatic carbocycles. The number of aromatic nitrogens is 3. The molecule has 9 nitrogen and oxygen atoms in total. The zero-order valence-electron chi connectivity index (χ0n) is 52.7. The Morgan fingerprint density at radius 1 is 0.457 bits per heavy atom. The number of nitrogens with zero attached hydrogens (tertiary/aromatic N) is 3. The van der Waals surface area contributed by atoms with Gasteiger partial charge in [0.2, 0.25) is 11.8 Å². The summed E-state index contributed by atoms with van der Waals surface area (Å²) >= 11 is 0. The second-order valence-corrected chi connectivity index (χ2v) is 31.9. The molecule has 0 saturated heterocycles. The van der Waals surface area contributed by atoms with Gasteiger partial charge < -0.3 is 10.6 Å². The zero-order chi connectivity index (χ0) is 56.6. The Balaban J connectivity index is -0.000000399. The van der Waals surface area contributed by atoms with Crippen molar-refractivity contribution < 1.29 is 19.2 Å². The van der Waals surface area contributed by atoms with Crippen LogP contribution in [0, 0.1) is 43.3 Å². The maximum absolute atomic E-state index is 11.7. The fourth-order valence-electron chi connectivity index (χ4n) is 6.30. The molecule has 1 aromatic heterocycles. The highest BCUT2D eigenvalue weighted by molar-refractivity contribution is 5.81. The van der Waals surface area contributed by atoms with Gasteiger partial charge in [0.25, 0.3) is 0 Å². The number of amides is 2. The SMILES string of the molecule is CC(C)(C)CC(=O)CCCCCCCC(=O)CC(C)(C)C.CC(C)(C)CC(=O)NC(C)(C)C.CC(C)(C)CCC(C)(C)C.CC(C)(C)CCNC(=O)C(C)(C)C.CC(C)(C)Cc1cn(C(C)(C)C)nn1. The number of Topliss-reactive ketones (excluding diaryl/α,β-unsaturated/α-hetero) is 2. The van der Waals surface area contributed by atoms with E-state index in [1.54, 1.807) is 0 Å². The van der Waals surface area contributed by atoms with Crippen LogP contribution in [0.3, 0.4) is 0 Å². The molecule has 0 saturated carbocycles. The minimum Gasteiger partial charge on any atom is -0.356 e. The highest BCUT2D eigenvalue weighted by Crippen LogP contribution is 2.30. The van der Waals surface area contributed by atoms with Crippen LogP contribution in [-0.2, 0) is 31.1 Å². The van der Waals surface area contributed by atoms with Gasteiger partial charge >= 0.3 is 0 Å². The third-order valence-electron chi connectivity index (χ3n) is 9.98. The van der Waals surface area contributed by atoms with Crippen LogP contribution in [0.25, 0.3) is 0 Å². The van der Waals surface area contributed by atoms with Gasteiger partial charge in [-0.15, -0.1) is 5.10 Å². The average Bonchev–Trinajstić information content (AvgIpc) is 3.51. The van der Waals surface area contributed by atoms with Crippen LogP contribution >= 0.6 is 0 Å². The van der Waals surface area contributed by atoms with Crippen LogP contribution in [0.4, 0.5) is 0 Å². The molecule has 1 aromatic rings. The maximum Gasteiger partial charge on any atom is 0.225 e. The summed E-state index contributed by atoms with van der Waals surface area (Å²) in [7, 11) is 0. The van der Waals surface area contributed by atoms with Crippen molar-refractivity contribution in [1.29, 1.82) is 0 Å². The molecule has 1 rings (SSSR count). The molecular formula is C61H123N5O4. The third kappa shape index (κ3) is 59.7. The lowest BCUT2D eigenvalue weighted by Gasteiger charge is -2.24. The Labute approximate surface area is 437 Å². The number of nitrogens with one attached hydrogen (secondary N) is 2. The molecule has 0 aliphatic rings. The fraction of sp³-hybridized carbons (Fsp3) is 0.902. The van der Waals surface area contributed by atoms with Crippen LogP contribution in [0.1, 0.15) is 297 Å². The number of carbonyl (C=O) groups excluding carboxylic acids is 4. The van der Waals surface area contributed by atoms with Crippen molar-refractivity contribution >= 4 is 23.4 Å². The van der Waals surface area contributed by atoms with Crippen molar-refractivity contribution in [3.05, 3.63) is 11.9 Å². The van der Waals surface area contributed by atoms with E-state index in [9.17, 15) is 19.2 Å². The summed E-state index contributed by atoms with van der Waals surface area (Å²) < 4.78 is 1.92. The van der Waals surface area contributed by atoms with E-state index in [-0.39, 0.29) is 50.0 Å². The van der Waals surface area contributed by atoms with Gasteiger partial charge in [-0.3, -0.25) is 19.2 Å². The summed E-state index contributed by atoms with van der Waals surface area (Å²) in [5, 5.41) is 14.2. The highest BCUT2D eigenvalue weighted by Gasteiger charge is 2.23. The summed E-state index contributed by atoms with van der Waals surface area (Å²) in [6.45, 7) is 64.8. The van der Waals surface area contributed by atoms with Crippen LogP contribution in [-0.4, -0.2) is 50.5 Å². The summed E-state index contributed by atoms with van der Waals surface area (Å²) in [6.07, 6.45) is 15.5. The molecule has 0 spiro atoms. The molecule has 0 bridgehead atoms. The molecule has 416 valence electrons. The van der Waals surface area contributed by atoms with E-state index in [0.717, 1.165) is 70.0 Å². The monoisotopic (exact) mass is 990 g/mol. The molecule has 0 radical (unpaired) electrons. The van der Waals surface area contributed by atoms with E-state index < -0.39 is 0 Å². The Hall–Kier alpha value is -2.58. The molecule has 0 atom stereocenters. The largest absolute Gasteiger partial charge is 0.356 e. The number of ketones is 2. The lowest BCUT2D eigenvalue weighted by atomic mass is 9.81. The summed E-state index contributed by atoms with van der Waals surface area (Å²) in [6, 6.07) is 0. The van der Waals surface area contributed by atoms with Crippen molar-refractivity contribution in [2.45, 2.75) is 309 Å². The normalized spacial score (nSPS) is 12.9. The van der Waals surface area contributed by atoms with Gasteiger partial charge in [0, 0.05) is 55.8 Å². The smallest absolute Gasteiger partial charge is 0.225 e. The van der Waals surface area contributed by atoms with E-state index in [0.29, 0.717) is 47.1 Å². The molecular weight excluding hydrogens is 867 g/mol. The molecule has 2 amide bonds. The topological polar surface area (TPSA) is 123 Å². The molecule has 9 heteroatoms. The third-order valence-corrected chi connectivity index (χ3v) is 9.98.